The van der Waals surface area contributed by atoms with E-state index in [1.54, 1.807) is 0 Å². The lowest BCUT2D eigenvalue weighted by molar-refractivity contribution is -0.143. The number of carboxylic acid groups (broad SMARTS) is 1. The summed E-state index contributed by atoms with van der Waals surface area (Å²) in [5, 5.41) is 15.0. The van der Waals surface area contributed by atoms with E-state index in [0.717, 1.165) is 7.11 Å². The number of ether oxygens (including phenoxy) is 1. The number of hydrogen-bond acceptors (Lipinski definition) is 6. The van der Waals surface area contributed by atoms with Gasteiger partial charge in [0.1, 0.15) is 6.04 Å². The molecule has 0 spiro atoms. The fourth-order valence-corrected chi connectivity index (χ4v) is 1.05. The zero-order chi connectivity index (χ0) is 11.8. The van der Waals surface area contributed by atoms with E-state index in [4.69, 9.17) is 10.2 Å². The van der Waals surface area contributed by atoms with Gasteiger partial charge in [0.25, 0.3) is 5.24 Å². The summed E-state index contributed by atoms with van der Waals surface area (Å²) >= 11 is 0.410. The summed E-state index contributed by atoms with van der Waals surface area (Å²) < 4.78 is 4.39. The van der Waals surface area contributed by atoms with Crippen LogP contribution in [0.3, 0.4) is 0 Å². The van der Waals surface area contributed by atoms with E-state index in [0.29, 0.717) is 11.9 Å². The third-order valence-corrected chi connectivity index (χ3v) is 1.86. The predicted octanol–water partition coefficient (Wildman–Crippen LogP) is -0.291. The smallest absolute Gasteiger partial charge is 0.328 e. The quantitative estimate of drug-likeness (QED) is 0.443. The highest BCUT2D eigenvalue weighted by Gasteiger charge is 2.21. The summed E-state index contributed by atoms with van der Waals surface area (Å²) in [4.78, 5) is 32.2. The summed E-state index contributed by atoms with van der Waals surface area (Å²) in [6.45, 7) is 0. The first-order valence-corrected chi connectivity index (χ1v) is 4.86. The number of carbonyl (C=O) groups excluding carboxylic acids is 2. The monoisotopic (exact) mass is 236 g/mol. The number of nitrogens with one attached hydrogen (secondary N) is 1. The average molecular weight is 236 g/mol. The molecule has 0 saturated carbocycles. The molecule has 0 radical (unpaired) electrons. The number of aliphatic carboxylic acids is 1. The van der Waals surface area contributed by atoms with Crippen molar-refractivity contribution in [2.45, 2.75) is 18.9 Å². The number of amides is 1. The molecule has 0 bridgehead atoms. The number of nitrogens with two attached hydrogens (primary N) is 1. The maximum absolute atomic E-state index is 11.1. The van der Waals surface area contributed by atoms with E-state index < -0.39 is 23.2 Å². The molecule has 0 aliphatic rings. The van der Waals surface area contributed by atoms with Gasteiger partial charge < -0.3 is 15.2 Å². The van der Waals surface area contributed by atoms with Gasteiger partial charge in [0.15, 0.2) is 0 Å². The van der Waals surface area contributed by atoms with Crippen molar-refractivity contribution in [3.05, 3.63) is 0 Å². The van der Waals surface area contributed by atoms with Gasteiger partial charge in [-0.1, -0.05) is 0 Å². The van der Waals surface area contributed by atoms with Crippen molar-refractivity contribution in [1.29, 1.82) is 0 Å². The molecule has 0 aromatic heterocycles. The zero-order valence-electron chi connectivity index (χ0n) is 8.06. The molecular formula is C7H12N2O5S. The van der Waals surface area contributed by atoms with Crippen molar-refractivity contribution in [2.24, 2.45) is 5.14 Å². The molecule has 0 aromatic carbocycles. The Morgan fingerprint density at radius 1 is 1.53 bits per heavy atom. The summed E-state index contributed by atoms with van der Waals surface area (Å²) in [5.74, 6) is -1.75. The molecule has 4 N–H and O–H groups in total. The molecule has 1 amide bonds. The summed E-state index contributed by atoms with van der Waals surface area (Å²) in [5.41, 5.74) is 0. The van der Waals surface area contributed by atoms with Gasteiger partial charge in [-0.2, -0.15) is 0 Å². The van der Waals surface area contributed by atoms with Gasteiger partial charge in [0, 0.05) is 18.4 Å². The molecule has 8 heteroatoms. The van der Waals surface area contributed by atoms with Crippen LogP contribution in [0.5, 0.6) is 0 Å². The largest absolute Gasteiger partial charge is 0.481 e. The number of hydrogen-bond donors (Lipinski definition) is 3. The number of methoxy groups -OCH3 is 1. The van der Waals surface area contributed by atoms with Crippen LogP contribution in [0.2, 0.25) is 0 Å². The van der Waals surface area contributed by atoms with Crippen LogP contribution in [0.25, 0.3) is 0 Å². The van der Waals surface area contributed by atoms with Gasteiger partial charge in [0.05, 0.1) is 7.11 Å². The lowest BCUT2D eigenvalue weighted by Crippen LogP contribution is -2.40. The predicted molar refractivity (Wildman–Crippen MR) is 53.0 cm³/mol. The third kappa shape index (κ3) is 5.92. The van der Waals surface area contributed by atoms with E-state index >= 15 is 0 Å². The molecule has 0 unspecified atom stereocenters. The van der Waals surface area contributed by atoms with Crippen LogP contribution >= 0.6 is 11.9 Å². The Kier molecular flexibility index (Phi) is 6.47. The SMILES string of the molecule is COC(=O)[C@H](CCC(=O)O)NC(=O)SN. The maximum Gasteiger partial charge on any atom is 0.328 e. The van der Waals surface area contributed by atoms with E-state index in [-0.39, 0.29) is 12.8 Å². The standard InChI is InChI=1S/C7H12N2O5S/c1-14-6(12)4(2-3-5(10)11)9-7(13)15-8/h4H,2-3,8H2,1H3,(H,9,13)(H,10,11)/t4-/m0/s1. The van der Waals surface area contributed by atoms with Crippen LogP contribution in [-0.2, 0) is 14.3 Å². The molecule has 15 heavy (non-hydrogen) atoms. The van der Waals surface area contributed by atoms with Crippen LogP contribution in [-0.4, -0.2) is 35.4 Å². The molecule has 0 fully saturated rings. The normalized spacial score (nSPS) is 11.6. The Labute approximate surface area is 90.5 Å². The summed E-state index contributed by atoms with van der Waals surface area (Å²) in [6.07, 6.45) is -0.274. The maximum atomic E-state index is 11.1. The van der Waals surface area contributed by atoms with Crippen molar-refractivity contribution in [2.75, 3.05) is 7.11 Å². The zero-order valence-corrected chi connectivity index (χ0v) is 8.87. The first-order chi connectivity index (χ1) is 7.01. The molecule has 86 valence electrons. The highest BCUT2D eigenvalue weighted by molar-refractivity contribution is 8.11. The highest BCUT2D eigenvalue weighted by Crippen LogP contribution is 2.02. The fraction of sp³-hybridized carbons (Fsp3) is 0.571. The minimum absolute atomic E-state index is 0.0334. The molecule has 0 rings (SSSR count). The molecule has 0 aromatic rings. The minimum Gasteiger partial charge on any atom is -0.481 e. The Balaban J connectivity index is 4.24. The Morgan fingerprint density at radius 3 is 2.53 bits per heavy atom. The molecule has 0 heterocycles. The molecular weight excluding hydrogens is 224 g/mol. The Morgan fingerprint density at radius 2 is 2.13 bits per heavy atom. The molecule has 0 aliphatic carbocycles. The summed E-state index contributed by atoms with van der Waals surface area (Å²) in [6, 6.07) is -0.977. The van der Waals surface area contributed by atoms with Gasteiger partial charge in [-0.15, -0.1) is 0 Å². The average Bonchev–Trinajstić information content (AvgIpc) is 2.22. The molecule has 0 saturated heterocycles. The first kappa shape index (κ1) is 13.7. The lowest BCUT2D eigenvalue weighted by Gasteiger charge is -2.14. The topological polar surface area (TPSA) is 119 Å². The summed E-state index contributed by atoms with van der Waals surface area (Å²) in [7, 11) is 1.15. The molecule has 7 nitrogen and oxygen atoms in total. The first-order valence-electron chi connectivity index (χ1n) is 3.98. The number of esters is 1. The van der Waals surface area contributed by atoms with Gasteiger partial charge in [-0.3, -0.25) is 14.7 Å². The number of rotatable bonds is 5. The second-order valence-corrected chi connectivity index (χ2v) is 3.16. The van der Waals surface area contributed by atoms with E-state index in [1.807, 2.05) is 0 Å². The number of carboxylic acids is 1. The highest BCUT2D eigenvalue weighted by atomic mass is 32.2. The van der Waals surface area contributed by atoms with Crippen LogP contribution < -0.4 is 10.5 Å². The van der Waals surface area contributed by atoms with Crippen LogP contribution in [0.1, 0.15) is 12.8 Å². The van der Waals surface area contributed by atoms with Crippen molar-refractivity contribution in [1.82, 2.24) is 5.32 Å². The Bertz CT molecular complexity index is 258. The van der Waals surface area contributed by atoms with Crippen molar-refractivity contribution < 1.29 is 24.2 Å². The van der Waals surface area contributed by atoms with Crippen molar-refractivity contribution >= 4 is 29.1 Å². The van der Waals surface area contributed by atoms with E-state index in [2.05, 4.69) is 10.1 Å². The van der Waals surface area contributed by atoms with Crippen LogP contribution in [0.15, 0.2) is 0 Å². The second kappa shape index (κ2) is 7.07. The fourth-order valence-electron chi connectivity index (χ4n) is 0.835. The molecule has 1 atom stereocenters. The van der Waals surface area contributed by atoms with Crippen LogP contribution in [0, 0.1) is 0 Å². The number of carbonyl (C=O) groups is 3. The van der Waals surface area contributed by atoms with Gasteiger partial charge in [-0.25, -0.2) is 4.79 Å². The minimum atomic E-state index is -1.06. The van der Waals surface area contributed by atoms with Crippen LogP contribution in [0.4, 0.5) is 4.79 Å². The molecule has 0 aliphatic heterocycles. The van der Waals surface area contributed by atoms with E-state index in [9.17, 15) is 14.4 Å². The third-order valence-electron chi connectivity index (χ3n) is 1.53. The van der Waals surface area contributed by atoms with Gasteiger partial charge in [-0.05, 0) is 6.42 Å². The Hall–Kier alpha value is -1.28. The van der Waals surface area contributed by atoms with Crippen molar-refractivity contribution in [3.63, 3.8) is 0 Å². The van der Waals surface area contributed by atoms with E-state index in [1.165, 1.54) is 0 Å². The lowest BCUT2D eigenvalue weighted by atomic mass is 10.1. The second-order valence-electron chi connectivity index (χ2n) is 2.56. The van der Waals surface area contributed by atoms with Gasteiger partial charge >= 0.3 is 11.9 Å². The van der Waals surface area contributed by atoms with Gasteiger partial charge in [0.2, 0.25) is 0 Å². The van der Waals surface area contributed by atoms with Crippen molar-refractivity contribution in [3.8, 4) is 0 Å².